The first-order chi connectivity index (χ1) is 12.3. The average Bonchev–Trinajstić information content (AvgIpc) is 3.13. The quantitative estimate of drug-likeness (QED) is 0.772. The lowest BCUT2D eigenvalue weighted by molar-refractivity contribution is 0.0719. The van der Waals surface area contributed by atoms with Gasteiger partial charge in [-0.15, -0.1) is 0 Å². The molecule has 0 radical (unpaired) electrons. The van der Waals surface area contributed by atoms with Gasteiger partial charge in [0.1, 0.15) is 0 Å². The predicted octanol–water partition coefficient (Wildman–Crippen LogP) is 2.94. The van der Waals surface area contributed by atoms with E-state index in [0.29, 0.717) is 38.3 Å². The van der Waals surface area contributed by atoms with E-state index in [4.69, 9.17) is 9.47 Å². The van der Waals surface area contributed by atoms with Crippen molar-refractivity contribution in [2.45, 2.75) is 44.1 Å². The van der Waals surface area contributed by atoms with E-state index >= 15 is 0 Å². The van der Waals surface area contributed by atoms with Crippen LogP contribution in [0.5, 0.6) is 0 Å². The molecule has 1 aliphatic heterocycles. The highest BCUT2D eigenvalue weighted by Gasteiger charge is 2.37. The lowest BCUT2D eigenvalue weighted by Crippen LogP contribution is -2.46. The van der Waals surface area contributed by atoms with E-state index in [1.54, 1.807) is 7.11 Å². The third kappa shape index (κ3) is 4.53. The zero-order valence-electron chi connectivity index (χ0n) is 15.2. The third-order valence-corrected chi connectivity index (χ3v) is 5.39. The number of aryl methyl sites for hydroxylation is 1. The molecule has 0 aromatic heterocycles. The van der Waals surface area contributed by atoms with Crippen LogP contribution in [0.4, 0.5) is 4.79 Å². The Morgan fingerprint density at radius 1 is 1.20 bits per heavy atom. The van der Waals surface area contributed by atoms with Gasteiger partial charge in [0.15, 0.2) is 0 Å². The minimum Gasteiger partial charge on any atom is -0.382 e. The Kier molecular flexibility index (Phi) is 6.70. The monoisotopic (exact) mass is 346 g/mol. The summed E-state index contributed by atoms with van der Waals surface area (Å²) in [5.74, 6) is 0.483. The van der Waals surface area contributed by atoms with Gasteiger partial charge in [-0.25, -0.2) is 4.79 Å². The summed E-state index contributed by atoms with van der Waals surface area (Å²) in [7, 11) is 1.65. The van der Waals surface area contributed by atoms with Crippen LogP contribution in [0.1, 0.15) is 42.7 Å². The van der Waals surface area contributed by atoms with E-state index in [2.05, 4.69) is 34.5 Å². The number of amides is 2. The molecule has 1 N–H and O–H groups in total. The van der Waals surface area contributed by atoms with Gasteiger partial charge in [0.2, 0.25) is 0 Å². The van der Waals surface area contributed by atoms with Crippen LogP contribution in [0.3, 0.4) is 0 Å². The molecule has 2 atom stereocenters. The van der Waals surface area contributed by atoms with Crippen LogP contribution in [0.15, 0.2) is 24.3 Å². The highest BCUT2D eigenvalue weighted by Crippen LogP contribution is 2.39. The summed E-state index contributed by atoms with van der Waals surface area (Å²) in [6.07, 6.45) is 5.79. The molecule has 1 aromatic carbocycles. The van der Waals surface area contributed by atoms with Crippen molar-refractivity contribution < 1.29 is 14.3 Å². The summed E-state index contributed by atoms with van der Waals surface area (Å²) in [5, 5.41) is 3.02. The molecule has 5 nitrogen and oxygen atoms in total. The van der Waals surface area contributed by atoms with E-state index < -0.39 is 0 Å². The molecule has 1 fully saturated rings. The highest BCUT2D eigenvalue weighted by atomic mass is 16.5. The average molecular weight is 346 g/mol. The first kappa shape index (κ1) is 18.2. The standard InChI is InChI=1S/C20H30N2O3/c1-24-14-15-25-13-11-21-20(23)22-12-5-10-19(22)18-9-4-7-16-6-2-3-8-17(16)18/h2-3,6,8,18-19H,4-5,7,9-15H2,1H3,(H,21,23). The Balaban J connectivity index is 1.55. The van der Waals surface area contributed by atoms with Gasteiger partial charge in [0.05, 0.1) is 19.8 Å². The largest absolute Gasteiger partial charge is 0.382 e. The number of ether oxygens (including phenoxy) is 2. The lowest BCUT2D eigenvalue weighted by Gasteiger charge is -2.35. The summed E-state index contributed by atoms with van der Waals surface area (Å²) >= 11 is 0. The number of nitrogens with zero attached hydrogens (tertiary/aromatic N) is 1. The van der Waals surface area contributed by atoms with E-state index in [0.717, 1.165) is 19.4 Å². The van der Waals surface area contributed by atoms with Gasteiger partial charge in [-0.05, 0) is 43.2 Å². The Hall–Kier alpha value is -1.59. The van der Waals surface area contributed by atoms with Gasteiger partial charge in [0, 0.05) is 32.2 Å². The first-order valence-corrected chi connectivity index (χ1v) is 9.50. The van der Waals surface area contributed by atoms with Crippen LogP contribution in [0.25, 0.3) is 0 Å². The minimum absolute atomic E-state index is 0.0564. The molecule has 1 heterocycles. The van der Waals surface area contributed by atoms with Crippen molar-refractivity contribution >= 4 is 6.03 Å². The number of hydrogen-bond acceptors (Lipinski definition) is 3. The molecule has 3 rings (SSSR count). The van der Waals surface area contributed by atoms with Crippen molar-refractivity contribution in [3.63, 3.8) is 0 Å². The number of urea groups is 1. The Morgan fingerprint density at radius 2 is 2.08 bits per heavy atom. The van der Waals surface area contributed by atoms with E-state index in [1.807, 2.05) is 0 Å². The fraction of sp³-hybridized carbons (Fsp3) is 0.650. The van der Waals surface area contributed by atoms with Crippen LogP contribution in [0.2, 0.25) is 0 Å². The number of carbonyl (C=O) groups is 1. The second kappa shape index (κ2) is 9.20. The van der Waals surface area contributed by atoms with Gasteiger partial charge >= 0.3 is 6.03 Å². The highest BCUT2D eigenvalue weighted by molar-refractivity contribution is 5.75. The summed E-state index contributed by atoms with van der Waals surface area (Å²) in [4.78, 5) is 14.7. The van der Waals surface area contributed by atoms with Crippen LogP contribution < -0.4 is 5.32 Å². The van der Waals surface area contributed by atoms with Crippen molar-refractivity contribution in [2.24, 2.45) is 0 Å². The Morgan fingerprint density at radius 3 is 2.96 bits per heavy atom. The molecular weight excluding hydrogens is 316 g/mol. The topological polar surface area (TPSA) is 50.8 Å². The second-order valence-electron chi connectivity index (χ2n) is 6.94. The Labute approximate surface area is 150 Å². The predicted molar refractivity (Wildman–Crippen MR) is 97.9 cm³/mol. The van der Waals surface area contributed by atoms with Crippen molar-refractivity contribution in [1.29, 1.82) is 0 Å². The van der Waals surface area contributed by atoms with Crippen molar-refractivity contribution in [1.82, 2.24) is 10.2 Å². The smallest absolute Gasteiger partial charge is 0.317 e. The van der Waals surface area contributed by atoms with Crippen molar-refractivity contribution in [2.75, 3.05) is 40.0 Å². The number of rotatable bonds is 7. The van der Waals surface area contributed by atoms with Crippen molar-refractivity contribution in [3.05, 3.63) is 35.4 Å². The Bertz CT molecular complexity index is 564. The maximum Gasteiger partial charge on any atom is 0.317 e. The number of carbonyl (C=O) groups excluding carboxylic acids is 1. The maximum atomic E-state index is 12.6. The summed E-state index contributed by atoms with van der Waals surface area (Å²) in [5.41, 5.74) is 2.93. The second-order valence-corrected chi connectivity index (χ2v) is 6.94. The number of methoxy groups -OCH3 is 1. The number of benzene rings is 1. The molecule has 0 saturated carbocycles. The molecule has 138 valence electrons. The number of nitrogens with one attached hydrogen (secondary N) is 1. The maximum absolute atomic E-state index is 12.6. The van der Waals surface area contributed by atoms with Crippen LogP contribution in [-0.4, -0.2) is 57.0 Å². The minimum atomic E-state index is 0.0564. The SMILES string of the molecule is COCCOCCNC(=O)N1CCCC1C1CCCc2ccccc21. The van der Waals surface area contributed by atoms with Gasteiger partial charge < -0.3 is 19.7 Å². The molecule has 2 unspecified atom stereocenters. The van der Waals surface area contributed by atoms with Crippen LogP contribution >= 0.6 is 0 Å². The molecule has 0 spiro atoms. The van der Waals surface area contributed by atoms with Gasteiger partial charge in [0.25, 0.3) is 0 Å². The summed E-state index contributed by atoms with van der Waals surface area (Å²) in [6.45, 7) is 3.09. The number of likely N-dealkylation sites (tertiary alicyclic amines) is 1. The zero-order chi connectivity index (χ0) is 17.5. The molecule has 1 aromatic rings. The molecule has 1 aliphatic carbocycles. The van der Waals surface area contributed by atoms with Crippen LogP contribution in [0, 0.1) is 0 Å². The van der Waals surface area contributed by atoms with Gasteiger partial charge in [-0.1, -0.05) is 24.3 Å². The molecule has 0 bridgehead atoms. The van der Waals surface area contributed by atoms with Crippen molar-refractivity contribution in [3.8, 4) is 0 Å². The molecule has 25 heavy (non-hydrogen) atoms. The fourth-order valence-electron chi connectivity index (χ4n) is 4.23. The van der Waals surface area contributed by atoms with E-state index in [9.17, 15) is 4.79 Å². The van der Waals surface area contributed by atoms with Gasteiger partial charge in [-0.3, -0.25) is 0 Å². The molecule has 2 aliphatic rings. The fourth-order valence-corrected chi connectivity index (χ4v) is 4.23. The molecule has 5 heteroatoms. The molecule has 2 amide bonds. The molecular formula is C20H30N2O3. The zero-order valence-corrected chi connectivity index (χ0v) is 15.2. The van der Waals surface area contributed by atoms with Gasteiger partial charge in [-0.2, -0.15) is 0 Å². The van der Waals surface area contributed by atoms with E-state index in [1.165, 1.54) is 30.4 Å². The summed E-state index contributed by atoms with van der Waals surface area (Å²) < 4.78 is 10.4. The molecule has 1 saturated heterocycles. The summed E-state index contributed by atoms with van der Waals surface area (Å²) in [6, 6.07) is 9.16. The van der Waals surface area contributed by atoms with E-state index in [-0.39, 0.29) is 6.03 Å². The number of hydrogen-bond donors (Lipinski definition) is 1. The normalized spacial score (nSPS) is 22.7. The van der Waals surface area contributed by atoms with Crippen LogP contribution in [-0.2, 0) is 15.9 Å². The lowest BCUT2D eigenvalue weighted by atomic mass is 9.78. The third-order valence-electron chi connectivity index (χ3n) is 5.39. The number of fused-ring (bicyclic) bond motifs is 1. The first-order valence-electron chi connectivity index (χ1n) is 9.50.